The number of rotatable bonds is 7. The van der Waals surface area contributed by atoms with Crippen LogP contribution in [0.25, 0.3) is 0 Å². The third kappa shape index (κ3) is 5.40. The van der Waals surface area contributed by atoms with Gasteiger partial charge >= 0.3 is 0 Å². The molecule has 0 saturated carbocycles. The quantitative estimate of drug-likeness (QED) is 0.797. The molecule has 21 heavy (non-hydrogen) atoms. The molecular formula is C15H17NO3S2. The predicted molar refractivity (Wildman–Crippen MR) is 86.7 cm³/mol. The largest absolute Gasteiger partial charge is 0.467 e. The SMILES string of the molecule is O=C(S)N(CCS(=O)Cc1ccccc1)Cc1ccco1. The van der Waals surface area contributed by atoms with Gasteiger partial charge in [-0.1, -0.05) is 43.0 Å². The zero-order valence-electron chi connectivity index (χ0n) is 11.5. The monoisotopic (exact) mass is 323 g/mol. The number of hydrogen-bond acceptors (Lipinski definition) is 3. The second kappa shape index (κ2) is 8.05. The first-order valence-electron chi connectivity index (χ1n) is 6.54. The molecule has 0 N–H and O–H groups in total. The molecule has 0 spiro atoms. The van der Waals surface area contributed by atoms with Crippen LogP contribution in [0.15, 0.2) is 53.1 Å². The molecule has 1 aromatic heterocycles. The van der Waals surface area contributed by atoms with Gasteiger partial charge in [-0.3, -0.25) is 9.00 Å². The molecule has 6 heteroatoms. The summed E-state index contributed by atoms with van der Waals surface area (Å²) < 4.78 is 17.3. The van der Waals surface area contributed by atoms with E-state index in [4.69, 9.17) is 4.42 Å². The van der Waals surface area contributed by atoms with E-state index in [0.29, 0.717) is 30.4 Å². The normalized spacial score (nSPS) is 12.0. The van der Waals surface area contributed by atoms with Gasteiger partial charge in [0, 0.05) is 28.9 Å². The van der Waals surface area contributed by atoms with Gasteiger partial charge in [-0.05, 0) is 17.7 Å². The maximum absolute atomic E-state index is 12.1. The number of carbonyl (C=O) groups excluding carboxylic acids is 1. The number of benzene rings is 1. The van der Waals surface area contributed by atoms with E-state index < -0.39 is 10.8 Å². The Morgan fingerprint density at radius 2 is 1.95 bits per heavy atom. The van der Waals surface area contributed by atoms with Crippen LogP contribution in [0.2, 0.25) is 0 Å². The van der Waals surface area contributed by atoms with Crippen LogP contribution in [0.3, 0.4) is 0 Å². The summed E-state index contributed by atoms with van der Waals surface area (Å²) in [6.45, 7) is 0.736. The van der Waals surface area contributed by atoms with Crippen LogP contribution in [-0.4, -0.2) is 26.6 Å². The van der Waals surface area contributed by atoms with Crippen molar-refractivity contribution in [2.45, 2.75) is 12.3 Å². The van der Waals surface area contributed by atoms with E-state index >= 15 is 0 Å². The highest BCUT2D eigenvalue weighted by atomic mass is 32.2. The fourth-order valence-electron chi connectivity index (χ4n) is 1.88. The average molecular weight is 323 g/mol. The molecule has 1 unspecified atom stereocenters. The summed E-state index contributed by atoms with van der Waals surface area (Å²) >= 11 is 3.85. The van der Waals surface area contributed by atoms with Crippen molar-refractivity contribution >= 4 is 28.7 Å². The van der Waals surface area contributed by atoms with Crippen LogP contribution < -0.4 is 0 Å². The maximum Gasteiger partial charge on any atom is 0.278 e. The highest BCUT2D eigenvalue weighted by Crippen LogP contribution is 2.09. The number of nitrogens with zero attached hydrogens (tertiary/aromatic N) is 1. The summed E-state index contributed by atoms with van der Waals surface area (Å²) in [4.78, 5) is 13.0. The molecule has 1 atom stereocenters. The Hall–Kier alpha value is -1.53. The molecular weight excluding hydrogens is 306 g/mol. The molecule has 2 rings (SSSR count). The maximum atomic E-state index is 12.1. The van der Waals surface area contributed by atoms with Crippen molar-refractivity contribution < 1.29 is 13.4 Å². The van der Waals surface area contributed by atoms with Crippen LogP contribution in [-0.2, 0) is 23.1 Å². The average Bonchev–Trinajstić information content (AvgIpc) is 2.97. The van der Waals surface area contributed by atoms with E-state index in [1.54, 1.807) is 18.4 Å². The minimum Gasteiger partial charge on any atom is -0.467 e. The van der Waals surface area contributed by atoms with Gasteiger partial charge in [-0.15, -0.1) is 0 Å². The highest BCUT2D eigenvalue weighted by Gasteiger charge is 2.13. The van der Waals surface area contributed by atoms with E-state index in [-0.39, 0.29) is 5.24 Å². The van der Waals surface area contributed by atoms with E-state index in [0.717, 1.165) is 5.56 Å². The number of carbonyl (C=O) groups is 1. The molecule has 1 heterocycles. The van der Waals surface area contributed by atoms with E-state index in [2.05, 4.69) is 12.6 Å². The zero-order chi connectivity index (χ0) is 15.1. The summed E-state index contributed by atoms with van der Waals surface area (Å²) in [5.74, 6) is 1.60. The Morgan fingerprint density at radius 1 is 1.19 bits per heavy atom. The summed E-state index contributed by atoms with van der Waals surface area (Å²) in [5.41, 5.74) is 1.03. The van der Waals surface area contributed by atoms with Crippen molar-refractivity contribution in [2.75, 3.05) is 12.3 Å². The van der Waals surface area contributed by atoms with Crippen LogP contribution in [0.1, 0.15) is 11.3 Å². The second-order valence-corrected chi connectivity index (χ2v) is 6.52. The first-order chi connectivity index (χ1) is 10.1. The van der Waals surface area contributed by atoms with Crippen molar-refractivity contribution in [1.29, 1.82) is 0 Å². The smallest absolute Gasteiger partial charge is 0.278 e. The van der Waals surface area contributed by atoms with E-state index in [9.17, 15) is 9.00 Å². The minimum atomic E-state index is -1.01. The minimum absolute atomic E-state index is 0.344. The molecule has 112 valence electrons. The highest BCUT2D eigenvalue weighted by molar-refractivity contribution is 7.96. The number of thiol groups is 1. The fourth-order valence-corrected chi connectivity index (χ4v) is 3.18. The summed E-state index contributed by atoms with van der Waals surface area (Å²) in [6.07, 6.45) is 1.56. The van der Waals surface area contributed by atoms with Gasteiger partial charge in [0.15, 0.2) is 0 Å². The number of amides is 1. The molecule has 1 amide bonds. The third-order valence-corrected chi connectivity index (χ3v) is 4.53. The Bertz CT molecular complexity index is 584. The molecule has 0 radical (unpaired) electrons. The first-order valence-corrected chi connectivity index (χ1v) is 8.48. The molecule has 0 aliphatic heterocycles. The molecule has 0 aliphatic carbocycles. The second-order valence-electron chi connectivity index (χ2n) is 4.56. The number of furan rings is 1. The lowest BCUT2D eigenvalue weighted by Crippen LogP contribution is -2.30. The lowest BCUT2D eigenvalue weighted by atomic mass is 10.2. The zero-order valence-corrected chi connectivity index (χ0v) is 13.2. The molecule has 4 nitrogen and oxygen atoms in total. The van der Waals surface area contributed by atoms with E-state index in [1.807, 2.05) is 30.3 Å². The van der Waals surface area contributed by atoms with Crippen LogP contribution >= 0.6 is 12.6 Å². The van der Waals surface area contributed by atoms with Crippen molar-refractivity contribution in [3.63, 3.8) is 0 Å². The van der Waals surface area contributed by atoms with Crippen LogP contribution in [0.4, 0.5) is 4.79 Å². The van der Waals surface area contributed by atoms with Gasteiger partial charge in [0.25, 0.3) is 5.24 Å². The molecule has 0 bridgehead atoms. The lowest BCUT2D eigenvalue weighted by molar-refractivity contribution is 0.219. The Morgan fingerprint density at radius 3 is 2.57 bits per heavy atom. The topological polar surface area (TPSA) is 50.5 Å². The van der Waals surface area contributed by atoms with Crippen molar-refractivity contribution in [3.8, 4) is 0 Å². The first kappa shape index (κ1) is 15.9. The van der Waals surface area contributed by atoms with Gasteiger partial charge in [0.1, 0.15) is 5.76 Å². The lowest BCUT2D eigenvalue weighted by Gasteiger charge is -2.18. The third-order valence-electron chi connectivity index (χ3n) is 2.96. The molecule has 0 saturated heterocycles. The Labute approximate surface area is 132 Å². The van der Waals surface area contributed by atoms with Gasteiger partial charge < -0.3 is 9.32 Å². The van der Waals surface area contributed by atoms with Crippen molar-refractivity contribution in [1.82, 2.24) is 4.90 Å². The van der Waals surface area contributed by atoms with Crippen LogP contribution in [0.5, 0.6) is 0 Å². The Kier molecular flexibility index (Phi) is 6.07. The van der Waals surface area contributed by atoms with Crippen LogP contribution in [0, 0.1) is 0 Å². The van der Waals surface area contributed by atoms with Gasteiger partial charge in [-0.25, -0.2) is 0 Å². The Balaban J connectivity index is 1.84. The van der Waals surface area contributed by atoms with Crippen molar-refractivity contribution in [3.05, 3.63) is 60.1 Å². The molecule has 2 aromatic rings. The predicted octanol–water partition coefficient (Wildman–Crippen LogP) is 3.08. The number of hydrogen-bond donors (Lipinski definition) is 1. The van der Waals surface area contributed by atoms with Gasteiger partial charge in [0.05, 0.1) is 12.8 Å². The summed E-state index contributed by atoms with van der Waals surface area (Å²) in [6, 6.07) is 13.2. The van der Waals surface area contributed by atoms with Gasteiger partial charge in [0.2, 0.25) is 0 Å². The van der Waals surface area contributed by atoms with Crippen molar-refractivity contribution in [2.24, 2.45) is 0 Å². The standard InChI is InChI=1S/C15H17NO3S2/c17-15(20)16(11-14-7-4-9-19-14)8-10-21(18)12-13-5-2-1-3-6-13/h1-7,9H,8,10-12H2,(H,17,20). The molecule has 0 aliphatic rings. The summed E-state index contributed by atoms with van der Waals surface area (Å²) in [5, 5.41) is -0.344. The van der Waals surface area contributed by atoms with Gasteiger partial charge in [-0.2, -0.15) is 0 Å². The van der Waals surface area contributed by atoms with E-state index in [1.165, 1.54) is 4.90 Å². The fraction of sp³-hybridized carbons (Fsp3) is 0.267. The molecule has 0 fully saturated rings. The summed E-state index contributed by atoms with van der Waals surface area (Å²) in [7, 11) is -1.01. The molecule has 1 aromatic carbocycles.